The lowest BCUT2D eigenvalue weighted by atomic mass is 9.98. The van der Waals surface area contributed by atoms with Crippen LogP contribution in [0.4, 0.5) is 10.5 Å². The molecule has 35 heavy (non-hydrogen) atoms. The van der Waals surface area contributed by atoms with Gasteiger partial charge in [-0.15, -0.1) is 0 Å². The third kappa shape index (κ3) is 5.04. The summed E-state index contributed by atoms with van der Waals surface area (Å²) in [5, 5.41) is 14.6. The number of carboxylic acid groups (broad SMARTS) is 1. The quantitative estimate of drug-likeness (QED) is 0.439. The largest absolute Gasteiger partial charge is 0.481 e. The average molecular weight is 473 g/mol. The molecule has 4 rings (SSSR count). The predicted molar refractivity (Wildman–Crippen MR) is 134 cm³/mol. The van der Waals surface area contributed by atoms with Crippen LogP contribution in [-0.4, -0.2) is 35.7 Å². The molecule has 2 amide bonds. The third-order valence-corrected chi connectivity index (χ3v) is 6.58. The van der Waals surface area contributed by atoms with Gasteiger partial charge in [0.25, 0.3) is 5.91 Å². The van der Waals surface area contributed by atoms with Gasteiger partial charge in [0.2, 0.25) is 0 Å². The highest BCUT2D eigenvalue weighted by Crippen LogP contribution is 2.44. The second kappa shape index (κ2) is 10.0. The number of nitrogens with one attached hydrogen (secondary N) is 2. The summed E-state index contributed by atoms with van der Waals surface area (Å²) in [5.41, 5.74) is 6.09. The van der Waals surface area contributed by atoms with Crippen molar-refractivity contribution in [2.45, 2.75) is 32.7 Å². The minimum atomic E-state index is -0.987. The molecule has 0 aromatic heterocycles. The Morgan fingerprint density at radius 2 is 1.54 bits per heavy atom. The van der Waals surface area contributed by atoms with Gasteiger partial charge in [-0.25, -0.2) is 4.79 Å². The summed E-state index contributed by atoms with van der Waals surface area (Å²) < 4.78 is 5.61. The highest BCUT2D eigenvalue weighted by Gasteiger charge is 2.29. The molecule has 0 aliphatic heterocycles. The van der Waals surface area contributed by atoms with Crippen LogP contribution in [0.2, 0.25) is 0 Å². The molecular weight excluding hydrogens is 444 g/mol. The first-order chi connectivity index (χ1) is 16.8. The average Bonchev–Trinajstić information content (AvgIpc) is 3.17. The van der Waals surface area contributed by atoms with Gasteiger partial charge in [-0.3, -0.25) is 14.9 Å². The van der Waals surface area contributed by atoms with Crippen LogP contribution in [-0.2, 0) is 9.53 Å². The molecule has 3 aromatic rings. The normalized spacial score (nSPS) is 13.8. The molecular formula is C28H28N2O5. The number of anilines is 1. The molecule has 3 N–H and O–H groups in total. The zero-order valence-corrected chi connectivity index (χ0v) is 19.9. The van der Waals surface area contributed by atoms with Gasteiger partial charge in [0.1, 0.15) is 6.61 Å². The van der Waals surface area contributed by atoms with Crippen molar-refractivity contribution >= 4 is 23.7 Å². The van der Waals surface area contributed by atoms with Crippen molar-refractivity contribution in [3.8, 4) is 11.1 Å². The molecule has 0 bridgehead atoms. The Balaban J connectivity index is 1.43. The summed E-state index contributed by atoms with van der Waals surface area (Å²) in [6.45, 7) is 5.17. The molecule has 7 nitrogen and oxygen atoms in total. The van der Waals surface area contributed by atoms with Crippen LogP contribution in [0, 0.1) is 12.8 Å². The van der Waals surface area contributed by atoms with E-state index in [4.69, 9.17) is 9.84 Å². The first kappa shape index (κ1) is 24.0. The maximum absolute atomic E-state index is 12.7. The summed E-state index contributed by atoms with van der Waals surface area (Å²) in [5.74, 6) is -2.19. The van der Waals surface area contributed by atoms with Crippen LogP contribution in [0.15, 0.2) is 66.7 Å². The minimum Gasteiger partial charge on any atom is -0.481 e. The van der Waals surface area contributed by atoms with Crippen molar-refractivity contribution in [3.63, 3.8) is 0 Å². The highest BCUT2D eigenvalue weighted by atomic mass is 16.5. The van der Waals surface area contributed by atoms with E-state index in [0.717, 1.165) is 27.8 Å². The monoisotopic (exact) mass is 472 g/mol. The second-order valence-corrected chi connectivity index (χ2v) is 8.87. The first-order valence-electron chi connectivity index (χ1n) is 11.5. The standard InChI is InChI=1S/C28H28N2O5/c1-16-12-13-19(26(31)29-18(3)17(2)27(32)33)14-25(16)30-28(34)35-15-24-22-10-6-4-8-20(22)21-9-5-7-11-23(21)24/h4-14,17-18,24H,15H2,1-3H3,(H,29,31)(H,30,34)(H,32,33). The molecule has 1 aliphatic rings. The van der Waals surface area contributed by atoms with Gasteiger partial charge in [0.15, 0.2) is 0 Å². The number of ether oxygens (including phenoxy) is 1. The molecule has 180 valence electrons. The Bertz CT molecular complexity index is 1240. The summed E-state index contributed by atoms with van der Waals surface area (Å²) in [4.78, 5) is 36.4. The fourth-order valence-corrected chi connectivity index (χ4v) is 4.27. The maximum atomic E-state index is 12.7. The van der Waals surface area contributed by atoms with Crippen molar-refractivity contribution in [2.24, 2.45) is 5.92 Å². The molecule has 0 spiro atoms. The van der Waals surface area contributed by atoms with Gasteiger partial charge >= 0.3 is 12.1 Å². The molecule has 0 saturated heterocycles. The van der Waals surface area contributed by atoms with Gasteiger partial charge in [-0.05, 0) is 60.7 Å². The van der Waals surface area contributed by atoms with Gasteiger partial charge in [-0.1, -0.05) is 54.6 Å². The van der Waals surface area contributed by atoms with Gasteiger partial charge < -0.3 is 15.2 Å². The summed E-state index contributed by atoms with van der Waals surface area (Å²) in [6, 6.07) is 20.6. The molecule has 1 aliphatic carbocycles. The Hall–Kier alpha value is -4.13. The smallest absolute Gasteiger partial charge is 0.411 e. The number of rotatable bonds is 7. The molecule has 0 saturated carbocycles. The lowest BCUT2D eigenvalue weighted by Gasteiger charge is -2.18. The molecule has 2 atom stereocenters. The predicted octanol–water partition coefficient (Wildman–Crippen LogP) is 5.20. The molecule has 0 radical (unpaired) electrons. The third-order valence-electron chi connectivity index (χ3n) is 6.58. The minimum absolute atomic E-state index is 0.0518. The van der Waals surface area contributed by atoms with Crippen molar-refractivity contribution in [2.75, 3.05) is 11.9 Å². The van der Waals surface area contributed by atoms with Crippen molar-refractivity contribution in [3.05, 3.63) is 89.0 Å². The number of aryl methyl sites for hydroxylation is 1. The van der Waals surface area contributed by atoms with Gasteiger partial charge in [-0.2, -0.15) is 0 Å². The van der Waals surface area contributed by atoms with Crippen LogP contribution in [0.1, 0.15) is 46.8 Å². The number of benzene rings is 3. The van der Waals surface area contributed by atoms with E-state index < -0.39 is 29.9 Å². The van der Waals surface area contributed by atoms with Crippen LogP contribution in [0.25, 0.3) is 11.1 Å². The van der Waals surface area contributed by atoms with Crippen LogP contribution in [0.3, 0.4) is 0 Å². The lowest BCUT2D eigenvalue weighted by molar-refractivity contribution is -0.141. The number of hydrogen-bond acceptors (Lipinski definition) is 4. The zero-order chi connectivity index (χ0) is 25.1. The van der Waals surface area contributed by atoms with Crippen LogP contribution >= 0.6 is 0 Å². The Kier molecular flexibility index (Phi) is 6.87. The summed E-state index contributed by atoms with van der Waals surface area (Å²) in [7, 11) is 0. The van der Waals surface area contributed by atoms with E-state index in [0.29, 0.717) is 11.3 Å². The second-order valence-electron chi connectivity index (χ2n) is 8.87. The molecule has 2 unspecified atom stereocenters. The van der Waals surface area contributed by atoms with Gasteiger partial charge in [0.05, 0.1) is 5.92 Å². The van der Waals surface area contributed by atoms with Crippen molar-refractivity contribution in [1.29, 1.82) is 0 Å². The fraction of sp³-hybridized carbons (Fsp3) is 0.250. The summed E-state index contributed by atoms with van der Waals surface area (Å²) in [6.07, 6.45) is -0.611. The van der Waals surface area contributed by atoms with E-state index in [9.17, 15) is 14.4 Å². The number of carboxylic acids is 1. The topological polar surface area (TPSA) is 105 Å². The van der Waals surface area contributed by atoms with Crippen molar-refractivity contribution < 1.29 is 24.2 Å². The molecule has 7 heteroatoms. The first-order valence-corrected chi connectivity index (χ1v) is 11.5. The Morgan fingerprint density at radius 3 is 2.14 bits per heavy atom. The van der Waals surface area contributed by atoms with Crippen LogP contribution < -0.4 is 10.6 Å². The number of carbonyl (C=O) groups is 3. The van der Waals surface area contributed by atoms with Gasteiger partial charge in [0, 0.05) is 23.2 Å². The molecule has 0 fully saturated rings. The number of hydrogen-bond donors (Lipinski definition) is 3. The number of fused-ring (bicyclic) bond motifs is 3. The SMILES string of the molecule is Cc1ccc(C(=O)NC(C)C(C)C(=O)O)cc1NC(=O)OCC1c2ccccc2-c2ccccc21. The van der Waals surface area contributed by atoms with E-state index in [1.807, 2.05) is 31.2 Å². The van der Waals surface area contributed by atoms with E-state index >= 15 is 0 Å². The molecule has 0 heterocycles. The fourth-order valence-electron chi connectivity index (χ4n) is 4.27. The number of aliphatic carboxylic acids is 1. The van der Waals surface area contributed by atoms with E-state index in [1.54, 1.807) is 25.1 Å². The number of carbonyl (C=O) groups excluding carboxylic acids is 2. The number of amides is 2. The van der Waals surface area contributed by atoms with E-state index in [2.05, 4.69) is 34.9 Å². The highest BCUT2D eigenvalue weighted by molar-refractivity contribution is 5.97. The zero-order valence-electron chi connectivity index (χ0n) is 19.9. The van der Waals surface area contributed by atoms with E-state index in [-0.39, 0.29) is 12.5 Å². The van der Waals surface area contributed by atoms with Crippen molar-refractivity contribution in [1.82, 2.24) is 5.32 Å². The molecule has 3 aromatic carbocycles. The van der Waals surface area contributed by atoms with E-state index in [1.165, 1.54) is 6.92 Å². The Labute approximate surface area is 204 Å². The summed E-state index contributed by atoms with van der Waals surface area (Å²) >= 11 is 0. The maximum Gasteiger partial charge on any atom is 0.411 e. The lowest BCUT2D eigenvalue weighted by Crippen LogP contribution is -2.40. The Morgan fingerprint density at radius 1 is 0.943 bits per heavy atom. The van der Waals surface area contributed by atoms with Crippen LogP contribution in [0.5, 0.6) is 0 Å².